The van der Waals surface area contributed by atoms with E-state index in [9.17, 15) is 19.2 Å². The highest BCUT2D eigenvalue weighted by Gasteiger charge is 2.18. The Balaban J connectivity index is 3.92. The van der Waals surface area contributed by atoms with Crippen molar-refractivity contribution in [3.63, 3.8) is 0 Å². The quantitative estimate of drug-likeness (QED) is 0.589. The zero-order chi connectivity index (χ0) is 17.3. The van der Waals surface area contributed by atoms with Gasteiger partial charge in [-0.3, -0.25) is 9.59 Å². The second-order valence-electron chi connectivity index (χ2n) is 5.78. The van der Waals surface area contributed by atoms with Crippen LogP contribution in [0.2, 0.25) is 0 Å². The Labute approximate surface area is 129 Å². The van der Waals surface area contributed by atoms with Crippen molar-refractivity contribution in [2.45, 2.75) is 59.2 Å². The standard InChI is InChI=1S/C14H23NO7/c1-9(2)20-13(19)21-11(17)7-6-10(16)8-15-12(18)22-14(3,4)5/h9H,6-8H2,1-5H3,(H,15,18). The molecular formula is C14H23NO7. The van der Waals surface area contributed by atoms with E-state index in [0.29, 0.717) is 0 Å². The molecule has 0 fully saturated rings. The largest absolute Gasteiger partial charge is 0.516 e. The van der Waals surface area contributed by atoms with Gasteiger partial charge >= 0.3 is 18.2 Å². The summed E-state index contributed by atoms with van der Waals surface area (Å²) >= 11 is 0. The number of rotatable bonds is 6. The van der Waals surface area contributed by atoms with Crippen molar-refractivity contribution < 1.29 is 33.4 Å². The number of hydrogen-bond donors (Lipinski definition) is 1. The Morgan fingerprint density at radius 3 is 2.14 bits per heavy atom. The van der Waals surface area contributed by atoms with Crippen LogP contribution in [0.15, 0.2) is 0 Å². The predicted octanol–water partition coefficient (Wildman–Crippen LogP) is 1.95. The number of amides is 1. The van der Waals surface area contributed by atoms with E-state index in [4.69, 9.17) is 4.74 Å². The molecule has 0 heterocycles. The van der Waals surface area contributed by atoms with Gasteiger partial charge < -0.3 is 19.5 Å². The van der Waals surface area contributed by atoms with E-state index in [-0.39, 0.29) is 25.2 Å². The second-order valence-corrected chi connectivity index (χ2v) is 5.78. The maximum atomic E-state index is 11.5. The maximum absolute atomic E-state index is 11.5. The molecule has 22 heavy (non-hydrogen) atoms. The minimum Gasteiger partial charge on any atom is -0.444 e. The van der Waals surface area contributed by atoms with Crippen molar-refractivity contribution in [3.8, 4) is 0 Å². The summed E-state index contributed by atoms with van der Waals surface area (Å²) in [4.78, 5) is 45.1. The summed E-state index contributed by atoms with van der Waals surface area (Å²) in [5, 5.41) is 2.28. The van der Waals surface area contributed by atoms with E-state index in [0.717, 1.165) is 0 Å². The molecule has 0 saturated carbocycles. The molecule has 0 atom stereocenters. The Morgan fingerprint density at radius 1 is 1.05 bits per heavy atom. The van der Waals surface area contributed by atoms with Gasteiger partial charge in [0.1, 0.15) is 5.60 Å². The molecule has 126 valence electrons. The number of ether oxygens (including phenoxy) is 3. The van der Waals surface area contributed by atoms with Gasteiger partial charge in [-0.1, -0.05) is 0 Å². The topological polar surface area (TPSA) is 108 Å². The third kappa shape index (κ3) is 11.7. The lowest BCUT2D eigenvalue weighted by Crippen LogP contribution is -2.35. The van der Waals surface area contributed by atoms with E-state index in [1.165, 1.54) is 0 Å². The van der Waals surface area contributed by atoms with Crippen LogP contribution in [0.3, 0.4) is 0 Å². The molecule has 0 aliphatic heterocycles. The second kappa shape index (κ2) is 9.01. The molecule has 8 heteroatoms. The summed E-state index contributed by atoms with van der Waals surface area (Å²) in [7, 11) is 0. The summed E-state index contributed by atoms with van der Waals surface area (Å²) in [6, 6.07) is 0. The summed E-state index contributed by atoms with van der Waals surface area (Å²) in [6.45, 7) is 8.04. The van der Waals surface area contributed by atoms with E-state index in [1.54, 1.807) is 34.6 Å². The monoisotopic (exact) mass is 317 g/mol. The normalized spacial score (nSPS) is 10.8. The molecule has 0 aromatic rings. The van der Waals surface area contributed by atoms with Crippen LogP contribution >= 0.6 is 0 Å². The highest BCUT2D eigenvalue weighted by molar-refractivity contribution is 5.88. The van der Waals surface area contributed by atoms with Gasteiger partial charge in [0.25, 0.3) is 0 Å². The Kier molecular flexibility index (Phi) is 8.14. The van der Waals surface area contributed by atoms with Crippen molar-refractivity contribution >= 4 is 24.0 Å². The Hall–Kier alpha value is -2.12. The Morgan fingerprint density at radius 2 is 1.64 bits per heavy atom. The number of ketones is 1. The molecular weight excluding hydrogens is 294 g/mol. The van der Waals surface area contributed by atoms with Crippen LogP contribution in [-0.2, 0) is 23.8 Å². The molecule has 0 spiro atoms. The molecule has 1 amide bonds. The van der Waals surface area contributed by atoms with Gasteiger partial charge in [-0.25, -0.2) is 9.59 Å². The molecule has 0 rings (SSSR count). The van der Waals surface area contributed by atoms with Gasteiger partial charge in [-0.15, -0.1) is 0 Å². The minimum atomic E-state index is -1.10. The predicted molar refractivity (Wildman–Crippen MR) is 76.2 cm³/mol. The third-order valence-corrected chi connectivity index (χ3v) is 1.97. The highest BCUT2D eigenvalue weighted by atomic mass is 16.7. The summed E-state index contributed by atoms with van der Waals surface area (Å²) in [6.07, 6.45) is -2.66. The average molecular weight is 317 g/mol. The SMILES string of the molecule is CC(C)OC(=O)OC(=O)CCC(=O)CNC(=O)OC(C)(C)C. The first-order valence-corrected chi connectivity index (χ1v) is 6.89. The van der Waals surface area contributed by atoms with E-state index >= 15 is 0 Å². The summed E-state index contributed by atoms with van der Waals surface area (Å²) in [5.74, 6) is -1.25. The van der Waals surface area contributed by atoms with E-state index in [2.05, 4.69) is 14.8 Å². The van der Waals surface area contributed by atoms with Gasteiger partial charge in [0.15, 0.2) is 5.78 Å². The molecule has 0 saturated heterocycles. The van der Waals surface area contributed by atoms with Gasteiger partial charge in [0, 0.05) is 6.42 Å². The van der Waals surface area contributed by atoms with Crippen LogP contribution in [0.4, 0.5) is 9.59 Å². The maximum Gasteiger partial charge on any atom is 0.516 e. The number of esters is 1. The lowest BCUT2D eigenvalue weighted by Gasteiger charge is -2.19. The van der Waals surface area contributed by atoms with Gasteiger partial charge in [0.05, 0.1) is 19.1 Å². The van der Waals surface area contributed by atoms with Crippen LogP contribution in [0, 0.1) is 0 Å². The number of nitrogens with one attached hydrogen (secondary N) is 1. The zero-order valence-electron chi connectivity index (χ0n) is 13.6. The zero-order valence-corrected chi connectivity index (χ0v) is 13.6. The third-order valence-electron chi connectivity index (χ3n) is 1.97. The summed E-state index contributed by atoms with van der Waals surface area (Å²) < 4.78 is 13.9. The summed E-state index contributed by atoms with van der Waals surface area (Å²) in [5.41, 5.74) is -0.659. The average Bonchev–Trinajstić information content (AvgIpc) is 2.30. The number of carbonyl (C=O) groups excluding carboxylic acids is 4. The number of alkyl carbamates (subject to hydrolysis) is 1. The molecule has 1 N–H and O–H groups in total. The molecule has 0 aromatic heterocycles. The first-order chi connectivity index (χ1) is 9.99. The molecule has 0 aromatic carbocycles. The fourth-order valence-corrected chi connectivity index (χ4v) is 1.18. The highest BCUT2D eigenvalue weighted by Crippen LogP contribution is 2.06. The van der Waals surface area contributed by atoms with Crippen molar-refractivity contribution in [2.75, 3.05) is 6.54 Å². The minimum absolute atomic E-state index is 0.163. The van der Waals surface area contributed by atoms with E-state index in [1.807, 2.05) is 0 Å². The van der Waals surface area contributed by atoms with Crippen LogP contribution in [0.5, 0.6) is 0 Å². The van der Waals surface area contributed by atoms with Crippen molar-refractivity contribution in [1.29, 1.82) is 0 Å². The fourth-order valence-electron chi connectivity index (χ4n) is 1.18. The molecule has 0 aliphatic rings. The van der Waals surface area contributed by atoms with Crippen LogP contribution in [0.25, 0.3) is 0 Å². The number of hydrogen-bond acceptors (Lipinski definition) is 7. The van der Waals surface area contributed by atoms with Crippen molar-refractivity contribution in [2.24, 2.45) is 0 Å². The molecule has 0 radical (unpaired) electrons. The van der Waals surface area contributed by atoms with E-state index < -0.39 is 29.9 Å². The van der Waals surface area contributed by atoms with Crippen LogP contribution in [-0.4, -0.2) is 42.3 Å². The van der Waals surface area contributed by atoms with Gasteiger partial charge in [-0.2, -0.15) is 0 Å². The Bertz CT molecular complexity index is 423. The van der Waals surface area contributed by atoms with Crippen LogP contribution < -0.4 is 5.32 Å². The number of Topliss-reactive ketones (excluding diaryl/α,β-unsaturated/α-hetero) is 1. The lowest BCUT2D eigenvalue weighted by molar-refractivity contribution is -0.141. The van der Waals surface area contributed by atoms with Crippen molar-refractivity contribution in [3.05, 3.63) is 0 Å². The fraction of sp³-hybridized carbons (Fsp3) is 0.714. The molecule has 0 aliphatic carbocycles. The molecule has 8 nitrogen and oxygen atoms in total. The molecule has 0 unspecified atom stereocenters. The smallest absolute Gasteiger partial charge is 0.444 e. The number of carbonyl (C=O) groups is 4. The van der Waals surface area contributed by atoms with Gasteiger partial charge in [-0.05, 0) is 34.6 Å². The first kappa shape index (κ1) is 19.9. The van der Waals surface area contributed by atoms with Gasteiger partial charge in [0.2, 0.25) is 0 Å². The van der Waals surface area contributed by atoms with Crippen LogP contribution in [0.1, 0.15) is 47.5 Å². The molecule has 0 bridgehead atoms. The lowest BCUT2D eigenvalue weighted by atomic mass is 10.2. The first-order valence-electron chi connectivity index (χ1n) is 6.89. The van der Waals surface area contributed by atoms with Crippen molar-refractivity contribution in [1.82, 2.24) is 5.32 Å².